The zero-order valence-electron chi connectivity index (χ0n) is 13.2. The highest BCUT2D eigenvalue weighted by molar-refractivity contribution is 14.0. The molecule has 1 atom stereocenters. The molecule has 0 bridgehead atoms. The number of hydrogen-bond donors (Lipinski definition) is 2. The van der Waals surface area contributed by atoms with Gasteiger partial charge in [0, 0.05) is 37.0 Å². The van der Waals surface area contributed by atoms with E-state index in [1.807, 2.05) is 29.8 Å². The summed E-state index contributed by atoms with van der Waals surface area (Å²) in [5.41, 5.74) is 0. The predicted octanol–water partition coefficient (Wildman–Crippen LogP) is 3.42. The standard InChI is InChI=1S/C16H22N4OS.HI/c1-3-7-18-16(19-8-6-14-5-4-10-21-14)20-12-13(2)15-17-9-11-22-15;/h3-5,9-11,13H,1,6-8,12H2,2H3,(H2,18,19,20);1H. The molecular weight excluding hydrogens is 423 g/mol. The van der Waals surface area contributed by atoms with Gasteiger partial charge >= 0.3 is 0 Å². The van der Waals surface area contributed by atoms with Crippen molar-refractivity contribution < 1.29 is 4.42 Å². The maximum absolute atomic E-state index is 5.32. The van der Waals surface area contributed by atoms with Crippen LogP contribution in [0.2, 0.25) is 0 Å². The number of thiazole rings is 1. The van der Waals surface area contributed by atoms with Gasteiger partial charge in [-0.2, -0.15) is 0 Å². The molecule has 2 N–H and O–H groups in total. The van der Waals surface area contributed by atoms with E-state index in [-0.39, 0.29) is 24.0 Å². The second-order valence-electron chi connectivity index (χ2n) is 4.89. The van der Waals surface area contributed by atoms with Crippen LogP contribution in [0, 0.1) is 0 Å². The van der Waals surface area contributed by atoms with Gasteiger partial charge in [-0.05, 0) is 12.1 Å². The second-order valence-corrected chi connectivity index (χ2v) is 5.81. The summed E-state index contributed by atoms with van der Waals surface area (Å²) in [4.78, 5) is 8.95. The molecule has 0 aliphatic carbocycles. The molecule has 5 nitrogen and oxygen atoms in total. The number of nitrogens with zero attached hydrogens (tertiary/aromatic N) is 2. The smallest absolute Gasteiger partial charge is 0.191 e. The van der Waals surface area contributed by atoms with Gasteiger partial charge in [-0.15, -0.1) is 41.9 Å². The average Bonchev–Trinajstić information content (AvgIpc) is 3.22. The molecule has 0 spiro atoms. The molecule has 2 heterocycles. The van der Waals surface area contributed by atoms with Crippen molar-refractivity contribution >= 4 is 41.3 Å². The molecular formula is C16H23IN4OS. The lowest BCUT2D eigenvalue weighted by Gasteiger charge is -2.12. The third kappa shape index (κ3) is 7.17. The molecule has 1 unspecified atom stereocenters. The summed E-state index contributed by atoms with van der Waals surface area (Å²) in [6.45, 7) is 8.00. The number of aliphatic imine (C=N–C) groups is 1. The summed E-state index contributed by atoms with van der Waals surface area (Å²) in [5.74, 6) is 2.06. The number of rotatable bonds is 8. The molecule has 0 radical (unpaired) electrons. The molecule has 23 heavy (non-hydrogen) atoms. The Hall–Kier alpha value is -1.35. The van der Waals surface area contributed by atoms with Crippen molar-refractivity contribution in [3.63, 3.8) is 0 Å². The SMILES string of the molecule is C=CCNC(=NCC(C)c1nccs1)NCCc1ccco1.I. The zero-order chi connectivity index (χ0) is 15.6. The number of guanidine groups is 1. The Morgan fingerprint density at radius 2 is 2.39 bits per heavy atom. The molecule has 0 aromatic carbocycles. The molecule has 0 fully saturated rings. The fourth-order valence-electron chi connectivity index (χ4n) is 1.89. The first-order chi connectivity index (χ1) is 10.8. The van der Waals surface area contributed by atoms with Crippen molar-refractivity contribution in [2.45, 2.75) is 19.3 Å². The van der Waals surface area contributed by atoms with E-state index in [0.717, 1.165) is 29.7 Å². The highest BCUT2D eigenvalue weighted by Crippen LogP contribution is 2.17. The summed E-state index contributed by atoms with van der Waals surface area (Å²) in [6, 6.07) is 3.87. The number of aromatic nitrogens is 1. The minimum absolute atomic E-state index is 0. The van der Waals surface area contributed by atoms with Gasteiger partial charge in [0.05, 0.1) is 17.8 Å². The van der Waals surface area contributed by atoms with Gasteiger partial charge in [0.25, 0.3) is 0 Å². The van der Waals surface area contributed by atoms with Gasteiger partial charge in [0.2, 0.25) is 0 Å². The molecule has 2 aromatic heterocycles. The summed E-state index contributed by atoms with van der Waals surface area (Å²) < 4.78 is 5.32. The van der Waals surface area contributed by atoms with E-state index in [1.54, 1.807) is 17.6 Å². The summed E-state index contributed by atoms with van der Waals surface area (Å²) in [5, 5.41) is 9.64. The largest absolute Gasteiger partial charge is 0.469 e. The van der Waals surface area contributed by atoms with E-state index in [2.05, 4.69) is 34.1 Å². The lowest BCUT2D eigenvalue weighted by molar-refractivity contribution is 0.507. The Labute approximate surface area is 158 Å². The first-order valence-corrected chi connectivity index (χ1v) is 8.22. The Bertz CT molecular complexity index is 569. The van der Waals surface area contributed by atoms with Crippen LogP contribution in [0.15, 0.2) is 52.0 Å². The van der Waals surface area contributed by atoms with Crippen molar-refractivity contribution in [2.24, 2.45) is 4.99 Å². The molecule has 7 heteroatoms. The van der Waals surface area contributed by atoms with Gasteiger partial charge in [0.1, 0.15) is 5.76 Å². The first kappa shape index (κ1) is 19.7. The number of hydrogen-bond acceptors (Lipinski definition) is 4. The van der Waals surface area contributed by atoms with Gasteiger partial charge in [0.15, 0.2) is 5.96 Å². The van der Waals surface area contributed by atoms with Crippen LogP contribution < -0.4 is 10.6 Å². The van der Waals surface area contributed by atoms with Crippen molar-refractivity contribution in [1.82, 2.24) is 15.6 Å². The van der Waals surface area contributed by atoms with Crippen LogP contribution in [0.1, 0.15) is 23.6 Å². The quantitative estimate of drug-likeness (QED) is 0.282. The fraction of sp³-hybridized carbons (Fsp3) is 0.375. The van der Waals surface area contributed by atoms with Crippen LogP contribution in [-0.2, 0) is 6.42 Å². The van der Waals surface area contributed by atoms with Gasteiger partial charge in [-0.1, -0.05) is 13.0 Å². The third-order valence-electron chi connectivity index (χ3n) is 3.05. The van der Waals surface area contributed by atoms with E-state index < -0.39 is 0 Å². The van der Waals surface area contributed by atoms with Crippen LogP contribution in [0.3, 0.4) is 0 Å². The van der Waals surface area contributed by atoms with Crippen LogP contribution in [-0.4, -0.2) is 30.6 Å². The van der Waals surface area contributed by atoms with Crippen molar-refractivity contribution in [3.05, 3.63) is 53.4 Å². The Morgan fingerprint density at radius 1 is 1.52 bits per heavy atom. The highest BCUT2D eigenvalue weighted by Gasteiger charge is 2.08. The van der Waals surface area contributed by atoms with E-state index in [9.17, 15) is 0 Å². The monoisotopic (exact) mass is 446 g/mol. The second kappa shape index (κ2) is 11.2. The van der Waals surface area contributed by atoms with Gasteiger partial charge < -0.3 is 15.1 Å². The Morgan fingerprint density at radius 3 is 3.04 bits per heavy atom. The molecule has 126 valence electrons. The number of nitrogens with one attached hydrogen (secondary N) is 2. The lowest BCUT2D eigenvalue weighted by Crippen LogP contribution is -2.38. The number of halogens is 1. The summed E-state index contributed by atoms with van der Waals surface area (Å²) in [7, 11) is 0. The fourth-order valence-corrected chi connectivity index (χ4v) is 2.58. The van der Waals surface area contributed by atoms with E-state index in [4.69, 9.17) is 4.42 Å². The van der Waals surface area contributed by atoms with Crippen molar-refractivity contribution in [3.8, 4) is 0 Å². The summed E-state index contributed by atoms with van der Waals surface area (Å²) >= 11 is 1.67. The van der Waals surface area contributed by atoms with Crippen molar-refractivity contribution in [1.29, 1.82) is 0 Å². The van der Waals surface area contributed by atoms with Crippen LogP contribution in [0.5, 0.6) is 0 Å². The van der Waals surface area contributed by atoms with Gasteiger partial charge in [-0.3, -0.25) is 4.99 Å². The Kier molecular flexibility index (Phi) is 9.61. The molecule has 0 aliphatic heterocycles. The van der Waals surface area contributed by atoms with E-state index in [1.165, 1.54) is 0 Å². The lowest BCUT2D eigenvalue weighted by atomic mass is 10.2. The molecule has 0 saturated carbocycles. The minimum Gasteiger partial charge on any atom is -0.469 e. The van der Waals surface area contributed by atoms with E-state index >= 15 is 0 Å². The van der Waals surface area contributed by atoms with E-state index in [0.29, 0.717) is 19.0 Å². The predicted molar refractivity (Wildman–Crippen MR) is 107 cm³/mol. The van der Waals surface area contributed by atoms with Gasteiger partial charge in [-0.25, -0.2) is 4.98 Å². The average molecular weight is 446 g/mol. The molecule has 0 amide bonds. The maximum atomic E-state index is 5.32. The van der Waals surface area contributed by atoms with Crippen molar-refractivity contribution in [2.75, 3.05) is 19.6 Å². The van der Waals surface area contributed by atoms with Crippen LogP contribution >= 0.6 is 35.3 Å². The topological polar surface area (TPSA) is 62.5 Å². The molecule has 0 saturated heterocycles. The Balaban J connectivity index is 0.00000264. The molecule has 2 aromatic rings. The van der Waals surface area contributed by atoms with Crippen LogP contribution in [0.4, 0.5) is 0 Å². The third-order valence-corrected chi connectivity index (χ3v) is 4.06. The maximum Gasteiger partial charge on any atom is 0.191 e. The van der Waals surface area contributed by atoms with Crippen LogP contribution in [0.25, 0.3) is 0 Å². The highest BCUT2D eigenvalue weighted by atomic mass is 127. The molecule has 2 rings (SSSR count). The minimum atomic E-state index is 0. The summed E-state index contributed by atoms with van der Waals surface area (Å²) in [6.07, 6.45) is 6.16. The first-order valence-electron chi connectivity index (χ1n) is 7.34. The number of furan rings is 1. The normalized spacial score (nSPS) is 12.3. The molecule has 0 aliphatic rings. The zero-order valence-corrected chi connectivity index (χ0v) is 16.3.